The smallest absolute Gasteiger partial charge is 0.190 e. The molecule has 0 aliphatic heterocycles. The highest BCUT2D eigenvalue weighted by atomic mass is 127. The van der Waals surface area contributed by atoms with Crippen LogP contribution in [0, 0.1) is 0 Å². The first-order valence-electron chi connectivity index (χ1n) is 5.37. The van der Waals surface area contributed by atoms with Crippen molar-refractivity contribution in [1.82, 2.24) is 10.6 Å². The Hall–Kier alpha value is -0.820. The summed E-state index contributed by atoms with van der Waals surface area (Å²) in [6.07, 6.45) is 0. The molecule has 1 rings (SSSR count). The summed E-state index contributed by atoms with van der Waals surface area (Å²) in [5, 5.41) is 6.06. The lowest BCUT2D eigenvalue weighted by molar-refractivity contribution is 0.125. The van der Waals surface area contributed by atoms with E-state index in [4.69, 9.17) is 4.74 Å². The second kappa shape index (κ2) is 10.3. The molecule has 0 amide bonds. The Morgan fingerprint density at radius 3 is 2.59 bits per heavy atom. The molecule has 0 unspecified atom stereocenters. The van der Waals surface area contributed by atoms with Gasteiger partial charge >= 0.3 is 0 Å². The Labute approximate surface area is 120 Å². The quantitative estimate of drug-likeness (QED) is 0.368. The van der Waals surface area contributed by atoms with Crippen LogP contribution >= 0.6 is 24.0 Å². The number of nitrogens with zero attached hydrogens (tertiary/aromatic N) is 1. The van der Waals surface area contributed by atoms with Crippen LogP contribution in [0.2, 0.25) is 0 Å². The highest BCUT2D eigenvalue weighted by Gasteiger charge is 1.93. The van der Waals surface area contributed by atoms with E-state index in [-0.39, 0.29) is 24.0 Å². The van der Waals surface area contributed by atoms with Gasteiger partial charge in [0, 0.05) is 20.6 Å². The van der Waals surface area contributed by atoms with E-state index in [1.165, 1.54) is 5.56 Å². The molecule has 1 aromatic rings. The number of ether oxygens (including phenoxy) is 1. The maximum atomic E-state index is 5.51. The normalized spacial score (nSPS) is 10.6. The second-order valence-electron chi connectivity index (χ2n) is 3.29. The summed E-state index contributed by atoms with van der Waals surface area (Å²) in [5.41, 5.74) is 1.19. The van der Waals surface area contributed by atoms with Crippen LogP contribution in [0.15, 0.2) is 35.3 Å². The van der Waals surface area contributed by atoms with Crippen molar-refractivity contribution < 1.29 is 4.74 Å². The highest BCUT2D eigenvalue weighted by Crippen LogP contribution is 1.99. The van der Waals surface area contributed by atoms with Crippen molar-refractivity contribution in [2.24, 2.45) is 4.99 Å². The Morgan fingerprint density at radius 2 is 2.00 bits per heavy atom. The molecule has 0 bridgehead atoms. The topological polar surface area (TPSA) is 45.7 Å². The average molecular weight is 349 g/mol. The number of halogens is 1. The molecule has 0 fully saturated rings. The molecule has 4 nitrogen and oxygen atoms in total. The molecule has 0 saturated heterocycles. The summed E-state index contributed by atoms with van der Waals surface area (Å²) in [6.45, 7) is 2.07. The van der Waals surface area contributed by atoms with E-state index in [0.717, 1.165) is 12.5 Å². The highest BCUT2D eigenvalue weighted by molar-refractivity contribution is 14.0. The number of nitrogens with one attached hydrogen (secondary N) is 2. The first kappa shape index (κ1) is 16.2. The average Bonchev–Trinajstić information content (AvgIpc) is 2.35. The third kappa shape index (κ3) is 7.17. The monoisotopic (exact) mass is 349 g/mol. The summed E-state index contributed by atoms with van der Waals surface area (Å²) in [4.78, 5) is 4.00. The molecular formula is C12H20IN3O. The molecule has 0 aromatic heterocycles. The Balaban J connectivity index is 0.00000256. The number of benzene rings is 1. The fraction of sp³-hybridized carbons (Fsp3) is 0.417. The third-order valence-corrected chi connectivity index (χ3v) is 2.11. The molecule has 0 heterocycles. The fourth-order valence-electron chi connectivity index (χ4n) is 1.29. The standard InChI is InChI=1S/C12H19N3O.HI/c1-13-12(14-2)15-8-9-16-10-11-6-4-3-5-7-11;/h3-7H,8-10H2,1-2H3,(H2,13,14,15);1H. The molecule has 0 spiro atoms. The predicted molar refractivity (Wildman–Crippen MR) is 81.9 cm³/mol. The summed E-state index contributed by atoms with van der Waals surface area (Å²) in [6, 6.07) is 10.1. The first-order valence-corrected chi connectivity index (χ1v) is 5.37. The summed E-state index contributed by atoms with van der Waals surface area (Å²) in [7, 11) is 3.57. The maximum Gasteiger partial charge on any atom is 0.190 e. The zero-order chi connectivity index (χ0) is 11.6. The van der Waals surface area contributed by atoms with E-state index in [9.17, 15) is 0 Å². The minimum atomic E-state index is 0. The third-order valence-electron chi connectivity index (χ3n) is 2.11. The minimum Gasteiger partial charge on any atom is -0.375 e. The van der Waals surface area contributed by atoms with Crippen molar-refractivity contribution in [3.05, 3.63) is 35.9 Å². The molecule has 17 heavy (non-hydrogen) atoms. The van der Waals surface area contributed by atoms with E-state index in [2.05, 4.69) is 27.8 Å². The van der Waals surface area contributed by atoms with Crippen LogP contribution in [0.3, 0.4) is 0 Å². The van der Waals surface area contributed by atoms with Crippen molar-refractivity contribution in [2.75, 3.05) is 27.2 Å². The zero-order valence-electron chi connectivity index (χ0n) is 10.3. The van der Waals surface area contributed by atoms with Crippen LogP contribution in [-0.2, 0) is 11.3 Å². The first-order chi connectivity index (χ1) is 7.86. The van der Waals surface area contributed by atoms with E-state index in [0.29, 0.717) is 13.2 Å². The van der Waals surface area contributed by atoms with Gasteiger partial charge in [-0.15, -0.1) is 24.0 Å². The lowest BCUT2D eigenvalue weighted by atomic mass is 10.2. The van der Waals surface area contributed by atoms with Crippen LogP contribution in [0.5, 0.6) is 0 Å². The Morgan fingerprint density at radius 1 is 1.29 bits per heavy atom. The molecule has 0 radical (unpaired) electrons. The molecule has 0 saturated carbocycles. The van der Waals surface area contributed by atoms with Gasteiger partial charge in [0.15, 0.2) is 5.96 Å². The van der Waals surface area contributed by atoms with Crippen molar-refractivity contribution >= 4 is 29.9 Å². The van der Waals surface area contributed by atoms with Crippen LogP contribution in [0.4, 0.5) is 0 Å². The van der Waals surface area contributed by atoms with E-state index in [1.807, 2.05) is 25.2 Å². The van der Waals surface area contributed by atoms with Crippen molar-refractivity contribution in [1.29, 1.82) is 0 Å². The SMILES string of the molecule is CN=C(NC)NCCOCc1ccccc1.I. The molecule has 5 heteroatoms. The number of hydrogen-bond acceptors (Lipinski definition) is 2. The molecular weight excluding hydrogens is 329 g/mol. The molecule has 2 N–H and O–H groups in total. The minimum absolute atomic E-state index is 0. The van der Waals surface area contributed by atoms with Crippen LogP contribution in [0.1, 0.15) is 5.56 Å². The summed E-state index contributed by atoms with van der Waals surface area (Å²) >= 11 is 0. The zero-order valence-corrected chi connectivity index (χ0v) is 12.6. The summed E-state index contributed by atoms with van der Waals surface area (Å²) in [5.74, 6) is 0.781. The summed E-state index contributed by atoms with van der Waals surface area (Å²) < 4.78 is 5.51. The van der Waals surface area contributed by atoms with E-state index >= 15 is 0 Å². The van der Waals surface area contributed by atoms with Crippen molar-refractivity contribution in [2.45, 2.75) is 6.61 Å². The maximum absolute atomic E-state index is 5.51. The van der Waals surface area contributed by atoms with Crippen molar-refractivity contribution in [3.8, 4) is 0 Å². The lowest BCUT2D eigenvalue weighted by Crippen LogP contribution is -2.36. The lowest BCUT2D eigenvalue weighted by Gasteiger charge is -2.08. The molecule has 0 aliphatic carbocycles. The Bertz CT molecular complexity index is 317. The van der Waals surface area contributed by atoms with Gasteiger partial charge < -0.3 is 15.4 Å². The molecule has 0 atom stereocenters. The van der Waals surface area contributed by atoms with Gasteiger partial charge in [-0.1, -0.05) is 30.3 Å². The van der Waals surface area contributed by atoms with Crippen molar-refractivity contribution in [3.63, 3.8) is 0 Å². The van der Waals surface area contributed by atoms with E-state index in [1.54, 1.807) is 7.05 Å². The molecule has 96 valence electrons. The van der Waals surface area contributed by atoms with Gasteiger partial charge in [0.2, 0.25) is 0 Å². The molecule has 1 aromatic carbocycles. The van der Waals surface area contributed by atoms with Gasteiger partial charge in [-0.2, -0.15) is 0 Å². The fourth-order valence-corrected chi connectivity index (χ4v) is 1.29. The van der Waals surface area contributed by atoms with Gasteiger partial charge in [0.05, 0.1) is 13.2 Å². The van der Waals surface area contributed by atoms with Crippen LogP contribution in [0.25, 0.3) is 0 Å². The largest absolute Gasteiger partial charge is 0.375 e. The van der Waals surface area contributed by atoms with Gasteiger partial charge in [0.25, 0.3) is 0 Å². The van der Waals surface area contributed by atoms with Gasteiger partial charge in [-0.05, 0) is 5.56 Å². The van der Waals surface area contributed by atoms with Gasteiger partial charge in [-0.3, -0.25) is 4.99 Å². The second-order valence-corrected chi connectivity index (χ2v) is 3.29. The van der Waals surface area contributed by atoms with Crippen LogP contribution < -0.4 is 10.6 Å². The number of aliphatic imine (C=N–C) groups is 1. The van der Waals surface area contributed by atoms with E-state index < -0.39 is 0 Å². The van der Waals surface area contributed by atoms with Crippen LogP contribution in [-0.4, -0.2) is 33.2 Å². The Kier molecular flexibility index (Phi) is 9.84. The number of guanidine groups is 1. The number of rotatable bonds is 5. The predicted octanol–water partition coefficient (Wildman–Crippen LogP) is 1.62. The molecule has 0 aliphatic rings. The number of hydrogen-bond donors (Lipinski definition) is 2. The van der Waals surface area contributed by atoms with Gasteiger partial charge in [-0.25, -0.2) is 0 Å². The van der Waals surface area contributed by atoms with Gasteiger partial charge in [0.1, 0.15) is 0 Å².